The van der Waals surface area contributed by atoms with Crippen LogP contribution >= 0.6 is 0 Å². The number of piperidine rings is 2. The minimum Gasteiger partial charge on any atom is -0.317 e. The Labute approximate surface area is 123 Å². The van der Waals surface area contributed by atoms with Crippen molar-refractivity contribution in [3.8, 4) is 0 Å². The number of nitrogens with one attached hydrogen (secondary N) is 1. The molecule has 5 nitrogen and oxygen atoms in total. The van der Waals surface area contributed by atoms with E-state index in [0.29, 0.717) is 44.1 Å². The smallest absolute Gasteiger partial charge is 0.281 e. The Hall–Kier alpha value is -0.170. The van der Waals surface area contributed by atoms with Crippen LogP contribution in [0.2, 0.25) is 0 Å². The van der Waals surface area contributed by atoms with E-state index in [1.165, 1.54) is 0 Å². The van der Waals surface area contributed by atoms with Gasteiger partial charge >= 0.3 is 0 Å². The third-order valence-corrected chi connectivity index (χ3v) is 6.94. The average Bonchev–Trinajstić information content (AvgIpc) is 2.46. The lowest BCUT2D eigenvalue weighted by atomic mass is 9.91. The van der Waals surface area contributed by atoms with E-state index in [2.05, 4.69) is 19.2 Å². The quantitative estimate of drug-likeness (QED) is 0.851. The van der Waals surface area contributed by atoms with Crippen LogP contribution in [0, 0.1) is 11.8 Å². The summed E-state index contributed by atoms with van der Waals surface area (Å²) in [5, 5.41) is 3.28. The molecule has 0 aromatic carbocycles. The molecule has 0 spiro atoms. The fraction of sp³-hybridized carbons (Fsp3) is 1.00. The summed E-state index contributed by atoms with van der Waals surface area (Å²) < 4.78 is 28.7. The summed E-state index contributed by atoms with van der Waals surface area (Å²) in [5.74, 6) is 1.08. The van der Waals surface area contributed by atoms with Gasteiger partial charge in [-0.3, -0.25) is 0 Å². The van der Waals surface area contributed by atoms with Gasteiger partial charge in [-0.1, -0.05) is 6.92 Å². The highest BCUT2D eigenvalue weighted by Crippen LogP contribution is 2.26. The Morgan fingerprint density at radius 1 is 1.10 bits per heavy atom. The van der Waals surface area contributed by atoms with Gasteiger partial charge in [0.15, 0.2) is 0 Å². The van der Waals surface area contributed by atoms with Gasteiger partial charge in [0.25, 0.3) is 10.2 Å². The SMILES string of the molecule is CNC(C)C1CCN(S(=O)(=O)N2CCCC(C)C2)CC1. The Bertz CT molecular complexity index is 405. The molecule has 2 aliphatic heterocycles. The molecule has 0 saturated carbocycles. The van der Waals surface area contributed by atoms with E-state index in [-0.39, 0.29) is 0 Å². The fourth-order valence-electron chi connectivity index (χ4n) is 3.36. The molecule has 6 heteroatoms. The van der Waals surface area contributed by atoms with Gasteiger partial charge in [-0.05, 0) is 51.5 Å². The lowest BCUT2D eigenvalue weighted by Crippen LogP contribution is -2.51. The summed E-state index contributed by atoms with van der Waals surface area (Å²) in [6, 6.07) is 0.467. The topological polar surface area (TPSA) is 52.7 Å². The molecule has 0 aromatic rings. The van der Waals surface area contributed by atoms with Crippen LogP contribution in [0.4, 0.5) is 0 Å². The van der Waals surface area contributed by atoms with Crippen LogP contribution in [0.15, 0.2) is 0 Å². The van der Waals surface area contributed by atoms with Crippen LogP contribution < -0.4 is 5.32 Å². The monoisotopic (exact) mass is 303 g/mol. The molecular weight excluding hydrogens is 274 g/mol. The zero-order chi connectivity index (χ0) is 14.8. The summed E-state index contributed by atoms with van der Waals surface area (Å²) in [4.78, 5) is 0. The van der Waals surface area contributed by atoms with Crippen molar-refractivity contribution in [3.63, 3.8) is 0 Å². The largest absolute Gasteiger partial charge is 0.317 e. The zero-order valence-corrected chi connectivity index (χ0v) is 13.8. The summed E-state index contributed by atoms with van der Waals surface area (Å²) in [5.41, 5.74) is 0. The van der Waals surface area contributed by atoms with Crippen molar-refractivity contribution < 1.29 is 8.42 Å². The van der Waals surface area contributed by atoms with Crippen LogP contribution in [0.25, 0.3) is 0 Å². The first-order chi connectivity index (χ1) is 9.45. The lowest BCUT2D eigenvalue weighted by Gasteiger charge is -2.38. The summed E-state index contributed by atoms with van der Waals surface area (Å²) in [6.07, 6.45) is 4.07. The van der Waals surface area contributed by atoms with Gasteiger partial charge < -0.3 is 5.32 Å². The molecule has 2 heterocycles. The first-order valence-electron chi connectivity index (χ1n) is 7.87. The summed E-state index contributed by atoms with van der Waals surface area (Å²) in [7, 11) is -1.25. The Morgan fingerprint density at radius 3 is 2.30 bits per heavy atom. The Balaban J connectivity index is 1.95. The molecule has 2 saturated heterocycles. The van der Waals surface area contributed by atoms with Crippen molar-refractivity contribution in [1.29, 1.82) is 0 Å². The second-order valence-corrected chi connectivity index (χ2v) is 8.36. The highest BCUT2D eigenvalue weighted by Gasteiger charge is 2.35. The third kappa shape index (κ3) is 3.53. The number of hydrogen-bond donors (Lipinski definition) is 1. The molecule has 2 fully saturated rings. The molecule has 0 amide bonds. The van der Waals surface area contributed by atoms with Crippen molar-refractivity contribution in [2.45, 2.75) is 45.6 Å². The Morgan fingerprint density at radius 2 is 1.75 bits per heavy atom. The predicted octanol–water partition coefficient (Wildman–Crippen LogP) is 1.28. The minimum atomic E-state index is -3.23. The van der Waals surface area contributed by atoms with Gasteiger partial charge in [0.2, 0.25) is 0 Å². The number of hydrogen-bond acceptors (Lipinski definition) is 3. The maximum absolute atomic E-state index is 12.7. The molecule has 1 N–H and O–H groups in total. The zero-order valence-electron chi connectivity index (χ0n) is 13.0. The third-order valence-electron chi connectivity index (χ3n) is 4.93. The number of rotatable bonds is 4. The number of nitrogens with zero attached hydrogens (tertiary/aromatic N) is 2. The Kier molecular flexibility index (Phi) is 5.45. The highest BCUT2D eigenvalue weighted by atomic mass is 32.2. The van der Waals surface area contributed by atoms with Gasteiger partial charge in [-0.15, -0.1) is 0 Å². The molecule has 0 bridgehead atoms. The average molecular weight is 303 g/mol. The summed E-state index contributed by atoms with van der Waals surface area (Å²) >= 11 is 0. The molecule has 2 unspecified atom stereocenters. The molecule has 0 radical (unpaired) electrons. The molecular formula is C14H29N3O2S. The molecule has 2 aliphatic rings. The highest BCUT2D eigenvalue weighted by molar-refractivity contribution is 7.86. The van der Waals surface area contributed by atoms with Crippen LogP contribution in [0.5, 0.6) is 0 Å². The standard InChI is InChI=1S/C14H29N3O2S/c1-12-5-4-8-17(11-12)20(18,19)16-9-6-14(7-10-16)13(2)15-3/h12-15H,4-11H2,1-3H3. The minimum absolute atomic E-state index is 0.467. The van der Waals surface area contributed by atoms with Gasteiger partial charge in [0, 0.05) is 32.2 Å². The van der Waals surface area contributed by atoms with Gasteiger partial charge in [-0.25, -0.2) is 0 Å². The van der Waals surface area contributed by atoms with Crippen molar-refractivity contribution in [2.75, 3.05) is 33.2 Å². The van der Waals surface area contributed by atoms with E-state index in [1.54, 1.807) is 8.61 Å². The van der Waals surface area contributed by atoms with Crippen molar-refractivity contribution in [2.24, 2.45) is 11.8 Å². The molecule has 0 aromatic heterocycles. The van der Waals surface area contributed by atoms with Crippen molar-refractivity contribution in [1.82, 2.24) is 13.9 Å². The van der Waals surface area contributed by atoms with E-state index < -0.39 is 10.2 Å². The van der Waals surface area contributed by atoms with Gasteiger partial charge in [0.1, 0.15) is 0 Å². The van der Waals surface area contributed by atoms with Crippen LogP contribution in [0.1, 0.15) is 39.5 Å². The van der Waals surface area contributed by atoms with E-state index in [4.69, 9.17) is 0 Å². The maximum atomic E-state index is 12.7. The van der Waals surface area contributed by atoms with Crippen molar-refractivity contribution in [3.05, 3.63) is 0 Å². The second kappa shape index (κ2) is 6.73. The van der Waals surface area contributed by atoms with E-state index >= 15 is 0 Å². The lowest BCUT2D eigenvalue weighted by molar-refractivity contribution is 0.210. The second-order valence-electron chi connectivity index (χ2n) is 6.43. The molecule has 2 rings (SSSR count). The molecule has 0 aliphatic carbocycles. The normalized spacial score (nSPS) is 29.4. The van der Waals surface area contributed by atoms with E-state index in [9.17, 15) is 8.42 Å². The maximum Gasteiger partial charge on any atom is 0.281 e. The van der Waals surface area contributed by atoms with Crippen LogP contribution in [0.3, 0.4) is 0 Å². The van der Waals surface area contributed by atoms with Crippen LogP contribution in [-0.2, 0) is 10.2 Å². The van der Waals surface area contributed by atoms with E-state index in [0.717, 1.165) is 25.7 Å². The summed E-state index contributed by atoms with van der Waals surface area (Å²) in [6.45, 7) is 7.05. The molecule has 118 valence electrons. The first-order valence-corrected chi connectivity index (χ1v) is 9.27. The van der Waals surface area contributed by atoms with Crippen LogP contribution in [-0.4, -0.2) is 56.3 Å². The van der Waals surface area contributed by atoms with Gasteiger partial charge in [-0.2, -0.15) is 17.0 Å². The predicted molar refractivity (Wildman–Crippen MR) is 81.7 cm³/mol. The fourth-order valence-corrected chi connectivity index (χ4v) is 5.16. The van der Waals surface area contributed by atoms with Crippen molar-refractivity contribution >= 4 is 10.2 Å². The van der Waals surface area contributed by atoms with Gasteiger partial charge in [0.05, 0.1) is 0 Å². The first kappa shape index (κ1) is 16.2. The molecule has 2 atom stereocenters. The van der Waals surface area contributed by atoms with E-state index in [1.807, 2.05) is 7.05 Å². The molecule has 20 heavy (non-hydrogen) atoms.